The highest BCUT2D eigenvalue weighted by molar-refractivity contribution is 5.90. The van der Waals surface area contributed by atoms with Crippen LogP contribution in [0.3, 0.4) is 0 Å². The van der Waals surface area contributed by atoms with Crippen molar-refractivity contribution >= 4 is 11.7 Å². The monoisotopic (exact) mass is 350 g/mol. The van der Waals surface area contributed by atoms with Crippen molar-refractivity contribution in [2.45, 2.75) is 31.4 Å². The van der Waals surface area contributed by atoms with Gasteiger partial charge in [0.25, 0.3) is 5.92 Å². The van der Waals surface area contributed by atoms with Gasteiger partial charge in [-0.05, 0) is 12.5 Å². The second kappa shape index (κ2) is 6.79. The van der Waals surface area contributed by atoms with E-state index >= 15 is 0 Å². The summed E-state index contributed by atoms with van der Waals surface area (Å²) in [5, 5.41) is 5.31. The van der Waals surface area contributed by atoms with E-state index in [4.69, 9.17) is 4.74 Å². The number of amides is 2. The first kappa shape index (κ1) is 17.3. The Morgan fingerprint density at radius 1 is 1.40 bits per heavy atom. The fraction of sp³-hybridized carbons (Fsp3) is 0.412. The van der Waals surface area contributed by atoms with E-state index in [1.54, 1.807) is 18.5 Å². The number of aromatic nitrogens is 2. The lowest BCUT2D eigenvalue weighted by Gasteiger charge is -2.21. The quantitative estimate of drug-likeness (QED) is 0.890. The van der Waals surface area contributed by atoms with Gasteiger partial charge in [0.15, 0.2) is 0 Å². The Morgan fingerprint density at radius 3 is 2.84 bits per heavy atom. The van der Waals surface area contributed by atoms with Crippen LogP contribution in [-0.2, 0) is 17.7 Å². The number of carbonyl (C=O) groups excluding carboxylic acids is 1. The molecule has 0 radical (unpaired) electrons. The summed E-state index contributed by atoms with van der Waals surface area (Å²) in [4.78, 5) is 16.6. The van der Waals surface area contributed by atoms with Crippen LogP contribution in [-0.4, -0.2) is 28.2 Å². The minimum atomic E-state index is -3.05. The molecule has 1 saturated heterocycles. The van der Waals surface area contributed by atoms with Crippen molar-refractivity contribution < 1.29 is 18.3 Å². The zero-order valence-electron chi connectivity index (χ0n) is 14.0. The minimum absolute atomic E-state index is 0.0833. The number of carbonyl (C=O) groups is 1. The summed E-state index contributed by atoms with van der Waals surface area (Å²) < 4.78 is 34.8. The maximum absolute atomic E-state index is 13.7. The molecular formula is C17H20F2N4O2. The van der Waals surface area contributed by atoms with Gasteiger partial charge in [0.1, 0.15) is 11.9 Å². The number of halogens is 2. The number of hydrogen-bond donors (Lipinski definition) is 2. The number of nitrogens with zero attached hydrogens (tertiary/aromatic N) is 2. The molecule has 3 rings (SSSR count). The van der Waals surface area contributed by atoms with Crippen LogP contribution in [0.4, 0.5) is 19.3 Å². The minimum Gasteiger partial charge on any atom is -0.368 e. The van der Waals surface area contributed by atoms with E-state index in [9.17, 15) is 13.6 Å². The SMILES string of the molecule is Cn1ccnc1[C@@H]1OCC[C@H]1NC(=O)Nc1ccccc1C(C)(F)F. The molecule has 1 aliphatic heterocycles. The summed E-state index contributed by atoms with van der Waals surface area (Å²) in [5.74, 6) is -2.33. The van der Waals surface area contributed by atoms with Crippen molar-refractivity contribution in [2.75, 3.05) is 11.9 Å². The van der Waals surface area contributed by atoms with Crippen LogP contribution in [0.5, 0.6) is 0 Å². The van der Waals surface area contributed by atoms with E-state index in [0.29, 0.717) is 18.9 Å². The molecule has 6 nitrogen and oxygen atoms in total. The fourth-order valence-electron chi connectivity index (χ4n) is 2.94. The van der Waals surface area contributed by atoms with Gasteiger partial charge in [-0.2, -0.15) is 0 Å². The summed E-state index contributed by atoms with van der Waals surface area (Å²) in [6.45, 7) is 1.29. The molecule has 2 N–H and O–H groups in total. The number of rotatable bonds is 4. The highest BCUT2D eigenvalue weighted by Crippen LogP contribution is 2.33. The molecule has 2 atom stereocenters. The lowest BCUT2D eigenvalue weighted by molar-refractivity contribution is 0.0183. The van der Waals surface area contributed by atoms with Gasteiger partial charge in [-0.15, -0.1) is 0 Å². The number of para-hydroxylation sites is 1. The number of benzene rings is 1. The summed E-state index contributed by atoms with van der Waals surface area (Å²) in [6, 6.07) is 5.03. The van der Waals surface area contributed by atoms with Crippen molar-refractivity contribution in [1.29, 1.82) is 0 Å². The summed E-state index contributed by atoms with van der Waals surface area (Å²) in [6.07, 6.45) is 3.71. The Bertz CT molecular complexity index is 757. The molecule has 25 heavy (non-hydrogen) atoms. The Morgan fingerprint density at radius 2 is 2.16 bits per heavy atom. The molecule has 2 heterocycles. The van der Waals surface area contributed by atoms with Crippen molar-refractivity contribution in [3.05, 3.63) is 48.0 Å². The summed E-state index contributed by atoms with van der Waals surface area (Å²) >= 11 is 0. The number of alkyl halides is 2. The fourth-order valence-corrected chi connectivity index (χ4v) is 2.94. The first-order valence-corrected chi connectivity index (χ1v) is 8.00. The molecule has 1 aromatic heterocycles. The number of imidazole rings is 1. The third kappa shape index (κ3) is 3.79. The standard InChI is InChI=1S/C17H20F2N4O2/c1-17(18,19)11-5-3-4-6-12(11)21-16(24)22-13-7-10-25-14(13)15-20-8-9-23(15)2/h3-6,8-9,13-14H,7,10H2,1-2H3,(H2,21,22,24)/t13-,14-/m1/s1. The molecule has 8 heteroatoms. The number of urea groups is 1. The van der Waals surface area contributed by atoms with Gasteiger partial charge in [-0.3, -0.25) is 0 Å². The predicted molar refractivity (Wildman–Crippen MR) is 88.5 cm³/mol. The molecule has 1 aliphatic rings. The van der Waals surface area contributed by atoms with Gasteiger partial charge in [-0.25, -0.2) is 18.6 Å². The summed E-state index contributed by atoms with van der Waals surface area (Å²) in [7, 11) is 1.85. The van der Waals surface area contributed by atoms with Crippen LogP contribution < -0.4 is 10.6 Å². The van der Waals surface area contributed by atoms with E-state index < -0.39 is 12.0 Å². The zero-order valence-corrected chi connectivity index (χ0v) is 14.0. The first-order valence-electron chi connectivity index (χ1n) is 8.00. The number of anilines is 1. The van der Waals surface area contributed by atoms with Crippen LogP contribution in [0.15, 0.2) is 36.7 Å². The number of aryl methyl sites for hydroxylation is 1. The van der Waals surface area contributed by atoms with Crippen molar-refractivity contribution in [3.63, 3.8) is 0 Å². The van der Waals surface area contributed by atoms with Gasteiger partial charge >= 0.3 is 6.03 Å². The van der Waals surface area contributed by atoms with Crippen LogP contribution >= 0.6 is 0 Å². The summed E-state index contributed by atoms with van der Waals surface area (Å²) in [5.41, 5.74) is -0.145. The Balaban J connectivity index is 1.70. The number of nitrogens with one attached hydrogen (secondary N) is 2. The average Bonchev–Trinajstić information content (AvgIpc) is 3.15. The van der Waals surface area contributed by atoms with Crippen LogP contribution in [0, 0.1) is 0 Å². The Kier molecular flexibility index (Phi) is 4.71. The van der Waals surface area contributed by atoms with E-state index in [-0.39, 0.29) is 23.4 Å². The predicted octanol–water partition coefficient (Wildman–Crippen LogP) is 3.18. The third-order valence-corrected chi connectivity index (χ3v) is 4.17. The van der Waals surface area contributed by atoms with E-state index in [1.807, 2.05) is 11.6 Å². The first-order chi connectivity index (χ1) is 11.9. The molecule has 0 spiro atoms. The van der Waals surface area contributed by atoms with Gasteiger partial charge in [0.2, 0.25) is 0 Å². The molecule has 0 bridgehead atoms. The molecule has 2 amide bonds. The molecule has 134 valence electrons. The third-order valence-electron chi connectivity index (χ3n) is 4.17. The van der Waals surface area contributed by atoms with Gasteiger partial charge in [-0.1, -0.05) is 18.2 Å². The van der Waals surface area contributed by atoms with Gasteiger partial charge in [0.05, 0.1) is 11.7 Å². The lowest BCUT2D eigenvalue weighted by Crippen LogP contribution is -2.40. The van der Waals surface area contributed by atoms with Crippen molar-refractivity contribution in [2.24, 2.45) is 7.05 Å². The van der Waals surface area contributed by atoms with E-state index in [0.717, 1.165) is 6.92 Å². The average molecular weight is 350 g/mol. The maximum Gasteiger partial charge on any atom is 0.319 e. The highest BCUT2D eigenvalue weighted by atomic mass is 19.3. The largest absolute Gasteiger partial charge is 0.368 e. The normalized spacial score (nSPS) is 20.5. The molecule has 0 saturated carbocycles. The maximum atomic E-state index is 13.7. The molecule has 2 aromatic rings. The van der Waals surface area contributed by atoms with Crippen molar-refractivity contribution in [3.8, 4) is 0 Å². The molecule has 0 aliphatic carbocycles. The smallest absolute Gasteiger partial charge is 0.319 e. The van der Waals surface area contributed by atoms with E-state index in [2.05, 4.69) is 15.6 Å². The number of hydrogen-bond acceptors (Lipinski definition) is 3. The topological polar surface area (TPSA) is 68.2 Å². The van der Waals surface area contributed by atoms with Crippen LogP contribution in [0.2, 0.25) is 0 Å². The number of ether oxygens (including phenoxy) is 1. The molecule has 1 aromatic carbocycles. The van der Waals surface area contributed by atoms with Gasteiger partial charge < -0.3 is 19.9 Å². The molecular weight excluding hydrogens is 330 g/mol. The van der Waals surface area contributed by atoms with Gasteiger partial charge in [0, 0.05) is 38.5 Å². The van der Waals surface area contributed by atoms with Crippen LogP contribution in [0.25, 0.3) is 0 Å². The second-order valence-corrected chi connectivity index (χ2v) is 6.12. The second-order valence-electron chi connectivity index (χ2n) is 6.12. The zero-order chi connectivity index (χ0) is 18.0. The van der Waals surface area contributed by atoms with Crippen LogP contribution in [0.1, 0.15) is 30.8 Å². The molecule has 1 fully saturated rings. The lowest BCUT2D eigenvalue weighted by atomic mass is 10.1. The van der Waals surface area contributed by atoms with E-state index in [1.165, 1.54) is 18.2 Å². The molecule has 0 unspecified atom stereocenters. The Labute approximate surface area is 144 Å². The van der Waals surface area contributed by atoms with Crippen molar-refractivity contribution in [1.82, 2.24) is 14.9 Å². The highest BCUT2D eigenvalue weighted by Gasteiger charge is 2.34. The Hall–Kier alpha value is -2.48.